The van der Waals surface area contributed by atoms with Crippen LogP contribution < -0.4 is 0 Å². The molecule has 0 aliphatic carbocycles. The van der Waals surface area contributed by atoms with Gasteiger partial charge in [-0.2, -0.15) is 0 Å². The van der Waals surface area contributed by atoms with E-state index in [0.29, 0.717) is 6.42 Å². The number of hydrogen-bond donors (Lipinski definition) is 0. The highest BCUT2D eigenvalue weighted by Crippen LogP contribution is 2.26. The number of rotatable bonds is 4. The lowest BCUT2D eigenvalue weighted by molar-refractivity contribution is -0.113. The fourth-order valence-electron chi connectivity index (χ4n) is 1.27. The van der Waals surface area contributed by atoms with E-state index in [9.17, 15) is 4.79 Å². The highest BCUT2D eigenvalue weighted by Gasteiger charge is 2.24. The van der Waals surface area contributed by atoms with Gasteiger partial charge in [0.2, 0.25) is 0 Å². The Morgan fingerprint density at radius 1 is 1.38 bits per heavy atom. The van der Waals surface area contributed by atoms with Crippen LogP contribution in [0.3, 0.4) is 0 Å². The summed E-state index contributed by atoms with van der Waals surface area (Å²) < 4.78 is 5.33. The van der Waals surface area contributed by atoms with Crippen molar-refractivity contribution in [2.24, 2.45) is 0 Å². The van der Waals surface area contributed by atoms with Gasteiger partial charge in [0, 0.05) is 13.5 Å². The van der Waals surface area contributed by atoms with E-state index in [1.54, 1.807) is 7.11 Å². The van der Waals surface area contributed by atoms with Crippen molar-refractivity contribution in [3.05, 3.63) is 35.9 Å². The molecule has 1 rings (SSSR count). The molecular weight excluding hydrogens is 164 g/mol. The Bertz CT molecular complexity index is 269. The van der Waals surface area contributed by atoms with E-state index in [0.717, 1.165) is 11.8 Å². The summed E-state index contributed by atoms with van der Waals surface area (Å²) in [6.07, 6.45) is 1.27. The summed E-state index contributed by atoms with van der Waals surface area (Å²) in [4.78, 5) is 10.5. The summed E-state index contributed by atoms with van der Waals surface area (Å²) in [7, 11) is 1.62. The van der Waals surface area contributed by atoms with Gasteiger partial charge in [0.15, 0.2) is 0 Å². The first-order valence-corrected chi connectivity index (χ1v) is 4.27. The number of benzene rings is 1. The van der Waals surface area contributed by atoms with Crippen molar-refractivity contribution < 1.29 is 9.53 Å². The van der Waals surface area contributed by atoms with Crippen molar-refractivity contribution >= 4 is 6.29 Å². The zero-order valence-electron chi connectivity index (χ0n) is 7.99. The van der Waals surface area contributed by atoms with Gasteiger partial charge in [0.25, 0.3) is 0 Å². The molecule has 2 nitrogen and oxygen atoms in total. The molecule has 0 bridgehead atoms. The lowest BCUT2D eigenvalue weighted by Gasteiger charge is -2.26. The molecule has 0 radical (unpaired) electrons. The van der Waals surface area contributed by atoms with Gasteiger partial charge in [0.05, 0.1) is 5.60 Å². The van der Waals surface area contributed by atoms with E-state index in [1.165, 1.54) is 0 Å². The van der Waals surface area contributed by atoms with E-state index in [2.05, 4.69) is 0 Å². The molecule has 0 spiro atoms. The second-order valence-electron chi connectivity index (χ2n) is 3.17. The molecule has 0 saturated carbocycles. The summed E-state index contributed by atoms with van der Waals surface area (Å²) in [5.41, 5.74) is 0.549. The Hall–Kier alpha value is -1.15. The van der Waals surface area contributed by atoms with Crippen molar-refractivity contribution in [1.82, 2.24) is 0 Å². The smallest absolute Gasteiger partial charge is 0.123 e. The summed E-state index contributed by atoms with van der Waals surface area (Å²) >= 11 is 0. The zero-order valence-corrected chi connectivity index (χ0v) is 7.99. The highest BCUT2D eigenvalue weighted by molar-refractivity contribution is 5.52. The van der Waals surface area contributed by atoms with Crippen LogP contribution in [0.15, 0.2) is 30.3 Å². The predicted octanol–water partition coefficient (Wildman–Crippen LogP) is 2.14. The van der Waals surface area contributed by atoms with Gasteiger partial charge in [-0.05, 0) is 12.5 Å². The Morgan fingerprint density at radius 3 is 2.46 bits per heavy atom. The first-order valence-electron chi connectivity index (χ1n) is 4.27. The second kappa shape index (κ2) is 4.19. The van der Waals surface area contributed by atoms with Crippen LogP contribution in [0.2, 0.25) is 0 Å². The molecule has 0 fully saturated rings. The zero-order chi connectivity index (χ0) is 9.73. The van der Waals surface area contributed by atoms with Crippen LogP contribution in [0.25, 0.3) is 0 Å². The number of ether oxygens (including phenoxy) is 1. The number of aldehydes is 1. The number of methoxy groups -OCH3 is 1. The minimum absolute atomic E-state index is 0.382. The van der Waals surface area contributed by atoms with E-state index >= 15 is 0 Å². The van der Waals surface area contributed by atoms with Gasteiger partial charge in [-0.1, -0.05) is 30.3 Å². The predicted molar refractivity (Wildman–Crippen MR) is 51.5 cm³/mol. The van der Waals surface area contributed by atoms with Crippen LogP contribution in [-0.2, 0) is 15.1 Å². The minimum atomic E-state index is -0.483. The van der Waals surface area contributed by atoms with Crippen LogP contribution in [0.1, 0.15) is 18.9 Å². The molecule has 70 valence electrons. The Morgan fingerprint density at radius 2 is 2.00 bits per heavy atom. The Kier molecular flexibility index (Phi) is 3.20. The standard InChI is InChI=1S/C11H14O2/c1-11(13-2,8-9-12)10-6-4-3-5-7-10/h3-7,9H,8H2,1-2H3. The summed E-state index contributed by atoms with van der Waals surface area (Å²) in [5, 5.41) is 0. The third kappa shape index (κ3) is 2.16. The quantitative estimate of drug-likeness (QED) is 0.660. The topological polar surface area (TPSA) is 26.3 Å². The maximum absolute atomic E-state index is 10.5. The fourth-order valence-corrected chi connectivity index (χ4v) is 1.27. The number of hydrogen-bond acceptors (Lipinski definition) is 2. The van der Waals surface area contributed by atoms with E-state index < -0.39 is 5.60 Å². The summed E-state index contributed by atoms with van der Waals surface area (Å²) in [6.45, 7) is 1.91. The molecule has 0 heterocycles. The van der Waals surface area contributed by atoms with E-state index in [-0.39, 0.29) is 0 Å². The number of carbonyl (C=O) groups excluding carboxylic acids is 1. The summed E-state index contributed by atoms with van der Waals surface area (Å²) in [6, 6.07) is 9.76. The van der Waals surface area contributed by atoms with Crippen molar-refractivity contribution in [1.29, 1.82) is 0 Å². The average Bonchev–Trinajstić information content (AvgIpc) is 2.19. The molecule has 0 aliphatic heterocycles. The minimum Gasteiger partial charge on any atom is -0.373 e. The van der Waals surface area contributed by atoms with Crippen LogP contribution in [0.4, 0.5) is 0 Å². The van der Waals surface area contributed by atoms with Gasteiger partial charge in [-0.3, -0.25) is 0 Å². The molecule has 0 N–H and O–H groups in total. The molecular formula is C11H14O2. The Labute approximate surface area is 78.5 Å². The average molecular weight is 178 g/mol. The van der Waals surface area contributed by atoms with Crippen LogP contribution in [0.5, 0.6) is 0 Å². The lowest BCUT2D eigenvalue weighted by atomic mass is 9.93. The van der Waals surface area contributed by atoms with Crippen LogP contribution in [-0.4, -0.2) is 13.4 Å². The molecule has 2 heteroatoms. The van der Waals surface area contributed by atoms with Gasteiger partial charge >= 0.3 is 0 Å². The van der Waals surface area contributed by atoms with Crippen LogP contribution >= 0.6 is 0 Å². The molecule has 1 aromatic carbocycles. The first kappa shape index (κ1) is 9.93. The second-order valence-corrected chi connectivity index (χ2v) is 3.17. The van der Waals surface area contributed by atoms with Crippen LogP contribution in [0, 0.1) is 0 Å². The largest absolute Gasteiger partial charge is 0.373 e. The molecule has 1 unspecified atom stereocenters. The van der Waals surface area contributed by atoms with Crippen molar-refractivity contribution in [2.75, 3.05) is 7.11 Å². The fraction of sp³-hybridized carbons (Fsp3) is 0.364. The van der Waals surface area contributed by atoms with Crippen molar-refractivity contribution in [3.8, 4) is 0 Å². The van der Waals surface area contributed by atoms with E-state index in [1.807, 2.05) is 37.3 Å². The van der Waals surface area contributed by atoms with E-state index in [4.69, 9.17) is 4.74 Å². The maximum Gasteiger partial charge on any atom is 0.123 e. The van der Waals surface area contributed by atoms with Crippen molar-refractivity contribution in [2.45, 2.75) is 18.9 Å². The molecule has 0 aromatic heterocycles. The van der Waals surface area contributed by atoms with Gasteiger partial charge in [0.1, 0.15) is 6.29 Å². The molecule has 1 atom stereocenters. The summed E-state index contributed by atoms with van der Waals surface area (Å²) in [5.74, 6) is 0. The van der Waals surface area contributed by atoms with Gasteiger partial charge in [-0.15, -0.1) is 0 Å². The molecule has 0 amide bonds. The third-order valence-corrected chi connectivity index (χ3v) is 2.31. The van der Waals surface area contributed by atoms with Gasteiger partial charge < -0.3 is 9.53 Å². The Balaban J connectivity index is 2.95. The van der Waals surface area contributed by atoms with Crippen molar-refractivity contribution in [3.63, 3.8) is 0 Å². The first-order chi connectivity index (χ1) is 6.23. The highest BCUT2D eigenvalue weighted by atomic mass is 16.5. The molecule has 13 heavy (non-hydrogen) atoms. The molecule has 0 saturated heterocycles. The van der Waals surface area contributed by atoms with Gasteiger partial charge in [-0.25, -0.2) is 0 Å². The number of carbonyl (C=O) groups is 1. The third-order valence-electron chi connectivity index (χ3n) is 2.31. The molecule has 0 aliphatic rings. The maximum atomic E-state index is 10.5. The lowest BCUT2D eigenvalue weighted by Crippen LogP contribution is -2.24. The monoisotopic (exact) mass is 178 g/mol. The molecule has 1 aromatic rings. The normalized spacial score (nSPS) is 14.9. The SMILES string of the molecule is COC(C)(CC=O)c1ccccc1.